The van der Waals surface area contributed by atoms with E-state index in [4.69, 9.17) is 0 Å². The molecule has 1 rings (SSSR count). The summed E-state index contributed by atoms with van der Waals surface area (Å²) >= 11 is 3.20. The Morgan fingerprint density at radius 2 is 2.00 bits per heavy atom. The second kappa shape index (κ2) is 6.31. The summed E-state index contributed by atoms with van der Waals surface area (Å²) in [5.41, 5.74) is -0.285. The van der Waals surface area contributed by atoms with Gasteiger partial charge in [-0.3, -0.25) is 10.1 Å². The van der Waals surface area contributed by atoms with Gasteiger partial charge in [0.1, 0.15) is 5.69 Å². The van der Waals surface area contributed by atoms with Crippen LogP contribution in [-0.4, -0.2) is 41.9 Å². The quantitative estimate of drug-likeness (QED) is 0.612. The van der Waals surface area contributed by atoms with Gasteiger partial charge in [-0.15, -0.1) is 0 Å². The van der Waals surface area contributed by atoms with Crippen LogP contribution in [0, 0.1) is 15.5 Å². The lowest BCUT2D eigenvalue weighted by atomic mass is 9.92. The van der Waals surface area contributed by atoms with Crippen molar-refractivity contribution in [3.05, 3.63) is 32.8 Å². The van der Waals surface area contributed by atoms with Crippen molar-refractivity contribution in [1.29, 1.82) is 0 Å². The Kier molecular flexibility index (Phi) is 5.28. The van der Waals surface area contributed by atoms with Crippen LogP contribution in [0.15, 0.2) is 22.7 Å². The number of hydrogen-bond donors (Lipinski definition) is 2. The minimum atomic E-state index is -0.713. The van der Waals surface area contributed by atoms with Crippen molar-refractivity contribution in [2.24, 2.45) is 5.41 Å². The molecule has 0 amide bonds. The van der Waals surface area contributed by atoms with Crippen LogP contribution in [-0.2, 0) is 0 Å². The molecule has 2 N–H and O–H groups in total. The predicted octanol–water partition coefficient (Wildman–Crippen LogP) is 1.78. The molecule has 0 saturated carbocycles. The summed E-state index contributed by atoms with van der Waals surface area (Å²) in [6.45, 7) is 1.63. The van der Waals surface area contributed by atoms with Crippen LogP contribution >= 0.6 is 15.9 Å². The molecule has 0 heterocycles. The third-order valence-corrected chi connectivity index (χ3v) is 3.42. The minimum Gasteiger partial charge on any atom is -0.396 e. The van der Waals surface area contributed by atoms with E-state index in [9.17, 15) is 20.3 Å². The Morgan fingerprint density at radius 3 is 2.47 bits per heavy atom. The largest absolute Gasteiger partial charge is 0.396 e. The molecule has 0 aromatic heterocycles. The molecule has 0 aliphatic heterocycles. The van der Waals surface area contributed by atoms with E-state index >= 15 is 0 Å². The molecule has 19 heavy (non-hydrogen) atoms. The van der Waals surface area contributed by atoms with Gasteiger partial charge in [0, 0.05) is 29.5 Å². The Labute approximate surface area is 119 Å². The molecule has 0 radical (unpaired) electrons. The first-order valence-corrected chi connectivity index (χ1v) is 6.49. The van der Waals surface area contributed by atoms with Gasteiger partial charge in [-0.25, -0.2) is 0 Å². The van der Waals surface area contributed by atoms with Crippen molar-refractivity contribution < 1.29 is 15.1 Å². The summed E-state index contributed by atoms with van der Waals surface area (Å²) < 4.78 is 0.628. The zero-order valence-corrected chi connectivity index (χ0v) is 12.4. The number of hydrogen-bond acceptors (Lipinski definition) is 5. The highest BCUT2D eigenvalue weighted by Crippen LogP contribution is 2.32. The number of nitro benzene ring substituents is 1. The van der Waals surface area contributed by atoms with E-state index in [2.05, 4.69) is 15.9 Å². The number of nitrogens with zero attached hydrogens (tertiary/aromatic N) is 2. The summed E-state index contributed by atoms with van der Waals surface area (Å²) in [6.07, 6.45) is 0. The van der Waals surface area contributed by atoms with Crippen molar-refractivity contribution >= 4 is 27.3 Å². The Hall–Kier alpha value is -1.18. The second-order valence-corrected chi connectivity index (χ2v) is 5.79. The normalized spacial score (nSPS) is 11.4. The number of aliphatic hydroxyl groups is 2. The summed E-state index contributed by atoms with van der Waals surface area (Å²) in [6, 6.07) is 4.78. The zero-order chi connectivity index (χ0) is 14.6. The molecule has 0 saturated heterocycles. The molecule has 0 atom stereocenters. The highest BCUT2D eigenvalue weighted by Gasteiger charge is 2.27. The first-order chi connectivity index (χ1) is 8.83. The van der Waals surface area contributed by atoms with Gasteiger partial charge >= 0.3 is 0 Å². The van der Waals surface area contributed by atoms with Gasteiger partial charge in [0.05, 0.1) is 18.1 Å². The first kappa shape index (κ1) is 15.9. The van der Waals surface area contributed by atoms with Crippen LogP contribution in [0.1, 0.15) is 6.92 Å². The van der Waals surface area contributed by atoms with Crippen molar-refractivity contribution in [1.82, 2.24) is 0 Å². The molecule has 0 unspecified atom stereocenters. The second-order valence-electron chi connectivity index (χ2n) is 4.87. The predicted molar refractivity (Wildman–Crippen MR) is 76.3 cm³/mol. The Morgan fingerprint density at radius 1 is 1.42 bits per heavy atom. The number of aliphatic hydroxyl groups excluding tert-OH is 2. The van der Waals surface area contributed by atoms with Crippen molar-refractivity contribution in [3.63, 3.8) is 0 Å². The van der Waals surface area contributed by atoms with E-state index in [0.29, 0.717) is 16.7 Å². The fraction of sp³-hybridized carbons (Fsp3) is 0.500. The molecular weight excluding hydrogens is 316 g/mol. The molecule has 0 fully saturated rings. The fourth-order valence-electron chi connectivity index (χ4n) is 1.77. The molecule has 0 aliphatic rings. The average Bonchev–Trinajstić information content (AvgIpc) is 2.38. The SMILES string of the molecule is CN(CC(C)(CO)CO)c1ccc(Br)cc1[N+](=O)[O-]. The summed E-state index contributed by atoms with van der Waals surface area (Å²) in [5, 5.41) is 29.6. The third-order valence-electron chi connectivity index (χ3n) is 2.93. The number of halogens is 1. The maximum atomic E-state index is 11.0. The molecule has 0 aliphatic carbocycles. The van der Waals surface area contributed by atoms with Crippen LogP contribution < -0.4 is 4.90 Å². The molecule has 106 valence electrons. The van der Waals surface area contributed by atoms with Gasteiger partial charge < -0.3 is 15.1 Å². The van der Waals surface area contributed by atoms with E-state index in [1.807, 2.05) is 0 Å². The summed E-state index contributed by atoms with van der Waals surface area (Å²) in [5.74, 6) is 0. The highest BCUT2D eigenvalue weighted by atomic mass is 79.9. The molecule has 0 bridgehead atoms. The molecule has 1 aromatic carbocycles. The lowest BCUT2D eigenvalue weighted by molar-refractivity contribution is -0.384. The molecule has 6 nitrogen and oxygen atoms in total. The highest BCUT2D eigenvalue weighted by molar-refractivity contribution is 9.10. The molecule has 1 aromatic rings. The monoisotopic (exact) mass is 332 g/mol. The number of nitro groups is 1. The van der Waals surface area contributed by atoms with Gasteiger partial charge in [-0.2, -0.15) is 0 Å². The van der Waals surface area contributed by atoms with Gasteiger partial charge in [0.25, 0.3) is 5.69 Å². The van der Waals surface area contributed by atoms with E-state index in [1.54, 1.807) is 31.0 Å². The lowest BCUT2D eigenvalue weighted by Gasteiger charge is -2.31. The van der Waals surface area contributed by atoms with Gasteiger partial charge in [0.2, 0.25) is 0 Å². The standard InChI is InChI=1S/C12H17BrN2O4/c1-12(7-16,8-17)6-14(2)10-4-3-9(13)5-11(10)15(18)19/h3-5,16-17H,6-8H2,1-2H3. The van der Waals surface area contributed by atoms with Crippen LogP contribution in [0.25, 0.3) is 0 Å². The van der Waals surface area contributed by atoms with Gasteiger partial charge in [-0.05, 0) is 12.1 Å². The van der Waals surface area contributed by atoms with Crippen LogP contribution in [0.3, 0.4) is 0 Å². The topological polar surface area (TPSA) is 86.8 Å². The van der Waals surface area contributed by atoms with Crippen molar-refractivity contribution in [3.8, 4) is 0 Å². The van der Waals surface area contributed by atoms with Gasteiger partial charge in [0.15, 0.2) is 0 Å². The minimum absolute atomic E-state index is 0.0184. The number of benzene rings is 1. The molecular formula is C12H17BrN2O4. The lowest BCUT2D eigenvalue weighted by Crippen LogP contribution is -2.39. The molecule has 0 spiro atoms. The smallest absolute Gasteiger partial charge is 0.293 e. The fourth-order valence-corrected chi connectivity index (χ4v) is 2.12. The van der Waals surface area contributed by atoms with E-state index in [0.717, 1.165) is 0 Å². The Bertz CT molecular complexity index is 463. The zero-order valence-electron chi connectivity index (χ0n) is 10.8. The average molecular weight is 333 g/mol. The van der Waals surface area contributed by atoms with E-state index < -0.39 is 10.3 Å². The summed E-state index contributed by atoms with van der Waals surface area (Å²) in [4.78, 5) is 12.3. The maximum Gasteiger partial charge on any atom is 0.293 e. The Balaban J connectivity index is 3.06. The van der Waals surface area contributed by atoms with Crippen molar-refractivity contribution in [2.45, 2.75) is 6.92 Å². The van der Waals surface area contributed by atoms with Crippen LogP contribution in [0.2, 0.25) is 0 Å². The van der Waals surface area contributed by atoms with Gasteiger partial charge in [-0.1, -0.05) is 22.9 Å². The maximum absolute atomic E-state index is 11.0. The number of rotatable bonds is 6. The molecule has 7 heteroatoms. The first-order valence-electron chi connectivity index (χ1n) is 5.70. The van der Waals surface area contributed by atoms with Crippen LogP contribution in [0.4, 0.5) is 11.4 Å². The van der Waals surface area contributed by atoms with E-state index in [-0.39, 0.29) is 18.9 Å². The van der Waals surface area contributed by atoms with Crippen LogP contribution in [0.5, 0.6) is 0 Å². The van der Waals surface area contributed by atoms with Crippen molar-refractivity contribution in [2.75, 3.05) is 31.7 Å². The number of anilines is 1. The summed E-state index contributed by atoms with van der Waals surface area (Å²) in [7, 11) is 1.69. The third kappa shape index (κ3) is 3.89. The van der Waals surface area contributed by atoms with E-state index in [1.165, 1.54) is 6.07 Å².